The number of nitrogens with one attached hydrogen (secondary N) is 1. The molecule has 0 aliphatic rings. The smallest absolute Gasteiger partial charge is 0.203 e. The van der Waals surface area contributed by atoms with Crippen LogP contribution >= 0.6 is 11.3 Å². The van der Waals surface area contributed by atoms with E-state index >= 15 is 0 Å². The predicted molar refractivity (Wildman–Crippen MR) is 94.6 cm³/mol. The molecule has 0 saturated carbocycles. The van der Waals surface area contributed by atoms with Gasteiger partial charge in [0.1, 0.15) is 5.82 Å². The molecular weight excluding hydrogens is 309 g/mol. The van der Waals surface area contributed by atoms with Crippen LogP contribution in [0.4, 0.5) is 9.52 Å². The lowest BCUT2D eigenvalue weighted by atomic mass is 9.99. The molecule has 23 heavy (non-hydrogen) atoms. The molecule has 1 N–H and O–H groups in total. The van der Waals surface area contributed by atoms with Crippen molar-refractivity contribution in [1.82, 2.24) is 4.98 Å². The van der Waals surface area contributed by atoms with Gasteiger partial charge in [-0.2, -0.15) is 5.10 Å². The maximum absolute atomic E-state index is 13.2. The van der Waals surface area contributed by atoms with Crippen molar-refractivity contribution in [3.05, 3.63) is 70.5 Å². The number of nitrogens with zero attached hydrogens (tertiary/aromatic N) is 2. The zero-order chi connectivity index (χ0) is 16.2. The second-order valence-corrected chi connectivity index (χ2v) is 6.10. The van der Waals surface area contributed by atoms with Crippen LogP contribution in [-0.2, 0) is 0 Å². The van der Waals surface area contributed by atoms with Crippen LogP contribution in [-0.4, -0.2) is 11.2 Å². The Morgan fingerprint density at radius 1 is 1.13 bits per heavy atom. The maximum Gasteiger partial charge on any atom is 0.203 e. The highest BCUT2D eigenvalue weighted by Crippen LogP contribution is 2.24. The Labute approximate surface area is 138 Å². The van der Waals surface area contributed by atoms with Gasteiger partial charge in [0.25, 0.3) is 0 Å². The fraction of sp³-hybridized carbons (Fsp3) is 0.111. The predicted octanol–water partition coefficient (Wildman–Crippen LogP) is 5.01. The number of anilines is 1. The Morgan fingerprint density at radius 3 is 2.57 bits per heavy atom. The van der Waals surface area contributed by atoms with E-state index in [2.05, 4.69) is 15.5 Å². The molecule has 3 rings (SSSR count). The minimum atomic E-state index is -0.210. The molecule has 0 radical (unpaired) electrons. The number of aromatic nitrogens is 1. The van der Waals surface area contributed by atoms with Gasteiger partial charge in [-0.15, -0.1) is 11.3 Å². The van der Waals surface area contributed by atoms with Crippen LogP contribution in [0.3, 0.4) is 0 Å². The highest BCUT2D eigenvalue weighted by atomic mass is 32.1. The van der Waals surface area contributed by atoms with Crippen molar-refractivity contribution in [2.75, 3.05) is 5.43 Å². The summed E-state index contributed by atoms with van der Waals surface area (Å²) < 4.78 is 13.2. The van der Waals surface area contributed by atoms with E-state index in [1.165, 1.54) is 17.4 Å². The molecule has 0 aliphatic carbocycles. The number of hydrazone groups is 1. The molecule has 0 aliphatic heterocycles. The van der Waals surface area contributed by atoms with Crippen LogP contribution in [0.2, 0.25) is 0 Å². The summed E-state index contributed by atoms with van der Waals surface area (Å²) in [5.74, 6) is -0.210. The Bertz CT molecular complexity index is 838. The van der Waals surface area contributed by atoms with Crippen LogP contribution in [0.1, 0.15) is 16.8 Å². The molecule has 116 valence electrons. The minimum absolute atomic E-state index is 0.210. The number of hydrogen-bond acceptors (Lipinski definition) is 4. The van der Waals surface area contributed by atoms with Gasteiger partial charge >= 0.3 is 0 Å². The highest BCUT2D eigenvalue weighted by molar-refractivity contribution is 7.13. The van der Waals surface area contributed by atoms with Crippen molar-refractivity contribution in [2.24, 2.45) is 5.10 Å². The number of benzene rings is 2. The monoisotopic (exact) mass is 325 g/mol. The first kappa shape index (κ1) is 15.4. The van der Waals surface area contributed by atoms with Gasteiger partial charge < -0.3 is 0 Å². The van der Waals surface area contributed by atoms with Crippen LogP contribution in [0.5, 0.6) is 0 Å². The molecule has 0 bridgehead atoms. The fourth-order valence-corrected chi connectivity index (χ4v) is 2.90. The van der Waals surface area contributed by atoms with Gasteiger partial charge in [0, 0.05) is 5.38 Å². The lowest BCUT2D eigenvalue weighted by Crippen LogP contribution is -1.90. The Kier molecular flexibility index (Phi) is 4.48. The van der Waals surface area contributed by atoms with E-state index < -0.39 is 0 Å². The number of aryl methyl sites for hydroxylation is 2. The summed E-state index contributed by atoms with van der Waals surface area (Å²) >= 11 is 1.52. The van der Waals surface area contributed by atoms with Gasteiger partial charge in [0.2, 0.25) is 5.13 Å². The summed E-state index contributed by atoms with van der Waals surface area (Å²) in [6.45, 7) is 3.86. The standard InChI is InChI=1S/C18H16FN3S/c1-12-9-16(19)7-8-17(12)15-5-3-14(4-6-15)10-20-22-18-21-13(2)11-23-18/h3-11H,1-2H3,(H,21,22). The first-order chi connectivity index (χ1) is 11.1. The van der Waals surface area contributed by atoms with Crippen molar-refractivity contribution < 1.29 is 4.39 Å². The van der Waals surface area contributed by atoms with Crippen LogP contribution in [0.15, 0.2) is 52.9 Å². The summed E-state index contributed by atoms with van der Waals surface area (Å²) in [6.07, 6.45) is 1.75. The van der Waals surface area contributed by atoms with E-state index in [9.17, 15) is 4.39 Å². The van der Waals surface area contributed by atoms with E-state index in [1.54, 1.807) is 18.3 Å². The molecule has 0 saturated heterocycles. The third-order valence-electron chi connectivity index (χ3n) is 3.40. The summed E-state index contributed by atoms with van der Waals surface area (Å²) in [5, 5.41) is 6.93. The molecule has 0 spiro atoms. The molecule has 2 aromatic carbocycles. The van der Waals surface area contributed by atoms with E-state index in [-0.39, 0.29) is 5.82 Å². The molecule has 1 aromatic heterocycles. The molecule has 3 nitrogen and oxygen atoms in total. The Balaban J connectivity index is 1.71. The van der Waals surface area contributed by atoms with Crippen molar-refractivity contribution in [2.45, 2.75) is 13.8 Å². The first-order valence-corrected chi connectivity index (χ1v) is 8.07. The molecule has 0 unspecified atom stereocenters. The normalized spacial score (nSPS) is 11.1. The summed E-state index contributed by atoms with van der Waals surface area (Å²) in [4.78, 5) is 4.28. The summed E-state index contributed by atoms with van der Waals surface area (Å²) in [5.41, 5.74) is 7.89. The highest BCUT2D eigenvalue weighted by Gasteiger charge is 2.03. The molecular formula is C18H16FN3S. The topological polar surface area (TPSA) is 37.3 Å². The third-order valence-corrected chi connectivity index (χ3v) is 4.27. The van der Waals surface area contributed by atoms with Gasteiger partial charge in [-0.25, -0.2) is 9.37 Å². The quantitative estimate of drug-likeness (QED) is 0.540. The number of thiazole rings is 1. The van der Waals surface area contributed by atoms with Crippen molar-refractivity contribution >= 4 is 22.7 Å². The maximum atomic E-state index is 13.2. The van der Waals surface area contributed by atoms with Gasteiger partial charge in [0.15, 0.2) is 0 Å². The number of rotatable bonds is 4. The average molecular weight is 325 g/mol. The molecule has 3 aromatic rings. The van der Waals surface area contributed by atoms with Crippen molar-refractivity contribution in [3.8, 4) is 11.1 Å². The molecule has 1 heterocycles. The van der Waals surface area contributed by atoms with Gasteiger partial charge in [0.05, 0.1) is 11.9 Å². The summed E-state index contributed by atoms with van der Waals surface area (Å²) in [7, 11) is 0. The van der Waals surface area contributed by atoms with Gasteiger partial charge in [-0.3, -0.25) is 5.43 Å². The largest absolute Gasteiger partial charge is 0.253 e. The van der Waals surface area contributed by atoms with Crippen molar-refractivity contribution in [1.29, 1.82) is 0 Å². The number of hydrogen-bond donors (Lipinski definition) is 1. The minimum Gasteiger partial charge on any atom is -0.253 e. The third kappa shape index (κ3) is 3.81. The lowest BCUT2D eigenvalue weighted by molar-refractivity contribution is 0.627. The van der Waals surface area contributed by atoms with Gasteiger partial charge in [-0.05, 0) is 48.2 Å². The van der Waals surface area contributed by atoms with E-state index in [0.29, 0.717) is 0 Å². The first-order valence-electron chi connectivity index (χ1n) is 7.19. The van der Waals surface area contributed by atoms with E-state index in [0.717, 1.165) is 33.1 Å². The van der Waals surface area contributed by atoms with Crippen molar-refractivity contribution in [3.63, 3.8) is 0 Å². The number of halogens is 1. The average Bonchev–Trinajstić information content (AvgIpc) is 2.94. The molecule has 0 amide bonds. The van der Waals surface area contributed by atoms with E-state index in [1.807, 2.05) is 43.5 Å². The zero-order valence-electron chi connectivity index (χ0n) is 12.9. The van der Waals surface area contributed by atoms with Crippen LogP contribution in [0, 0.1) is 19.7 Å². The summed E-state index contributed by atoms with van der Waals surface area (Å²) in [6, 6.07) is 12.8. The second kappa shape index (κ2) is 6.71. The fourth-order valence-electron chi connectivity index (χ4n) is 2.27. The SMILES string of the molecule is Cc1csc(NN=Cc2ccc(-c3ccc(F)cc3C)cc2)n1. The van der Waals surface area contributed by atoms with Crippen LogP contribution < -0.4 is 5.43 Å². The van der Waals surface area contributed by atoms with E-state index in [4.69, 9.17) is 0 Å². The Morgan fingerprint density at radius 2 is 1.91 bits per heavy atom. The molecule has 0 fully saturated rings. The zero-order valence-corrected chi connectivity index (χ0v) is 13.7. The van der Waals surface area contributed by atoms with Crippen LogP contribution in [0.25, 0.3) is 11.1 Å². The molecule has 0 atom stereocenters. The van der Waals surface area contributed by atoms with Gasteiger partial charge in [-0.1, -0.05) is 30.3 Å². The Hall–Kier alpha value is -2.53. The molecule has 5 heteroatoms. The second-order valence-electron chi connectivity index (χ2n) is 5.25. The lowest BCUT2D eigenvalue weighted by Gasteiger charge is -2.06.